The molecule has 0 aliphatic rings. The third-order valence-electron chi connectivity index (χ3n) is 3.75. The maximum Gasteiger partial charge on any atom is 0.240 e. The van der Waals surface area contributed by atoms with Gasteiger partial charge in [-0.2, -0.15) is 5.10 Å². The first-order chi connectivity index (χ1) is 12.5. The maximum absolute atomic E-state index is 12.0. The number of aryl methyl sites for hydroxylation is 2. The van der Waals surface area contributed by atoms with Crippen LogP contribution in [0.5, 0.6) is 5.75 Å². The van der Waals surface area contributed by atoms with E-state index in [1.54, 1.807) is 19.2 Å². The highest BCUT2D eigenvalue weighted by Crippen LogP contribution is 2.16. The number of rotatable bonds is 7. The van der Waals surface area contributed by atoms with Gasteiger partial charge in [0.05, 0.1) is 13.3 Å². The van der Waals surface area contributed by atoms with Crippen molar-refractivity contribution in [3.63, 3.8) is 0 Å². The van der Waals surface area contributed by atoms with Crippen molar-refractivity contribution in [1.82, 2.24) is 5.43 Å². The van der Waals surface area contributed by atoms with Crippen molar-refractivity contribution >= 4 is 23.7 Å². The Hall–Kier alpha value is -3.15. The zero-order valence-electron chi connectivity index (χ0n) is 15.2. The van der Waals surface area contributed by atoms with Crippen LogP contribution in [0, 0.1) is 13.8 Å². The van der Waals surface area contributed by atoms with Crippen LogP contribution >= 0.6 is 0 Å². The van der Waals surface area contributed by atoms with Crippen LogP contribution < -0.4 is 15.5 Å². The average molecular weight is 353 g/mol. The van der Waals surface area contributed by atoms with Gasteiger partial charge in [0.25, 0.3) is 0 Å². The molecule has 26 heavy (non-hydrogen) atoms. The number of methoxy groups -OCH3 is 1. The fourth-order valence-electron chi connectivity index (χ4n) is 2.32. The largest absolute Gasteiger partial charge is 0.497 e. The summed E-state index contributed by atoms with van der Waals surface area (Å²) in [6.45, 7) is 3.93. The first-order valence-corrected chi connectivity index (χ1v) is 8.31. The van der Waals surface area contributed by atoms with Crippen molar-refractivity contribution in [3.8, 4) is 5.75 Å². The summed E-state index contributed by atoms with van der Waals surface area (Å²) in [4.78, 5) is 23.7. The Morgan fingerprint density at radius 1 is 1.04 bits per heavy atom. The van der Waals surface area contributed by atoms with Crippen LogP contribution in [-0.2, 0) is 9.59 Å². The van der Waals surface area contributed by atoms with E-state index >= 15 is 0 Å². The predicted octanol–water partition coefficient (Wildman–Crippen LogP) is 3.18. The van der Waals surface area contributed by atoms with Gasteiger partial charge < -0.3 is 10.1 Å². The van der Waals surface area contributed by atoms with Gasteiger partial charge in [-0.05, 0) is 55.3 Å². The van der Waals surface area contributed by atoms with Crippen LogP contribution in [0.2, 0.25) is 0 Å². The summed E-state index contributed by atoms with van der Waals surface area (Å²) in [7, 11) is 1.60. The molecule has 0 saturated carbocycles. The Morgan fingerprint density at radius 2 is 1.73 bits per heavy atom. The molecule has 2 aromatic carbocycles. The van der Waals surface area contributed by atoms with Gasteiger partial charge in [0, 0.05) is 18.5 Å². The molecule has 0 spiro atoms. The molecule has 0 aliphatic heterocycles. The highest BCUT2D eigenvalue weighted by Gasteiger charge is 2.08. The van der Waals surface area contributed by atoms with Gasteiger partial charge in [-0.1, -0.05) is 17.7 Å². The molecule has 6 nitrogen and oxygen atoms in total. The number of nitrogens with zero attached hydrogens (tertiary/aromatic N) is 1. The zero-order chi connectivity index (χ0) is 18.9. The lowest BCUT2D eigenvalue weighted by Gasteiger charge is -2.08. The second-order valence-electron chi connectivity index (χ2n) is 5.93. The Morgan fingerprint density at radius 3 is 2.38 bits per heavy atom. The zero-order valence-corrected chi connectivity index (χ0v) is 15.2. The number of hydrogen-bond acceptors (Lipinski definition) is 4. The molecule has 0 aromatic heterocycles. The fourth-order valence-corrected chi connectivity index (χ4v) is 2.32. The monoisotopic (exact) mass is 353 g/mol. The number of hydrogen-bond donors (Lipinski definition) is 2. The van der Waals surface area contributed by atoms with Crippen molar-refractivity contribution in [3.05, 3.63) is 59.2 Å². The van der Waals surface area contributed by atoms with Crippen LogP contribution in [0.3, 0.4) is 0 Å². The summed E-state index contributed by atoms with van der Waals surface area (Å²) >= 11 is 0. The molecule has 0 unspecified atom stereocenters. The highest BCUT2D eigenvalue weighted by atomic mass is 16.5. The molecule has 0 heterocycles. The van der Waals surface area contributed by atoms with Crippen LogP contribution in [0.4, 0.5) is 5.69 Å². The molecule has 0 saturated heterocycles. The van der Waals surface area contributed by atoms with Crippen LogP contribution in [0.25, 0.3) is 0 Å². The molecular formula is C20H23N3O3. The number of carbonyl (C=O) groups excluding carboxylic acids is 2. The van der Waals surface area contributed by atoms with Crippen LogP contribution in [0.15, 0.2) is 47.6 Å². The standard InChI is InChI=1S/C20H23N3O3/c1-14-4-9-18(15(2)12-14)22-19(24)10-11-20(25)23-21-13-16-5-7-17(26-3)8-6-16/h4-9,12-13H,10-11H2,1-3H3,(H,22,24)(H,23,25). The van der Waals surface area contributed by atoms with Gasteiger partial charge in [0.2, 0.25) is 11.8 Å². The Balaban J connectivity index is 1.75. The number of amides is 2. The number of carbonyl (C=O) groups is 2. The Labute approximate surface area is 153 Å². The second kappa shape index (κ2) is 9.36. The van der Waals surface area contributed by atoms with E-state index in [1.807, 2.05) is 44.2 Å². The van der Waals surface area contributed by atoms with E-state index in [-0.39, 0.29) is 24.7 Å². The van der Waals surface area contributed by atoms with E-state index in [9.17, 15) is 9.59 Å². The Bertz CT molecular complexity index is 798. The van der Waals surface area contributed by atoms with Crippen LogP contribution in [-0.4, -0.2) is 25.1 Å². The minimum atomic E-state index is -0.314. The number of nitrogens with one attached hydrogen (secondary N) is 2. The van der Waals surface area contributed by atoms with E-state index in [4.69, 9.17) is 4.74 Å². The minimum Gasteiger partial charge on any atom is -0.497 e. The second-order valence-corrected chi connectivity index (χ2v) is 5.93. The molecule has 0 radical (unpaired) electrons. The molecule has 0 aliphatic carbocycles. The van der Waals surface area contributed by atoms with Crippen molar-refractivity contribution in [2.45, 2.75) is 26.7 Å². The number of ether oxygens (including phenoxy) is 1. The van der Waals surface area contributed by atoms with E-state index in [2.05, 4.69) is 15.8 Å². The number of hydrazone groups is 1. The lowest BCUT2D eigenvalue weighted by molar-refractivity contribution is -0.124. The Kier molecular flexibility index (Phi) is 6.91. The fraction of sp³-hybridized carbons (Fsp3) is 0.250. The van der Waals surface area contributed by atoms with Crippen LogP contribution in [0.1, 0.15) is 29.5 Å². The summed E-state index contributed by atoms with van der Waals surface area (Å²) in [5.41, 5.74) is 6.14. The topological polar surface area (TPSA) is 79.8 Å². The molecule has 0 fully saturated rings. The third kappa shape index (κ3) is 6.05. The summed E-state index contributed by atoms with van der Waals surface area (Å²) in [5.74, 6) is 0.234. The minimum absolute atomic E-state index is 0.0662. The van der Waals surface area contributed by atoms with Crippen molar-refractivity contribution in [2.75, 3.05) is 12.4 Å². The van der Waals surface area contributed by atoms with E-state index in [0.717, 1.165) is 28.1 Å². The van der Waals surface area contributed by atoms with Gasteiger partial charge in [-0.15, -0.1) is 0 Å². The molecule has 0 bridgehead atoms. The summed E-state index contributed by atoms with van der Waals surface area (Å²) in [5, 5.41) is 6.70. The average Bonchev–Trinajstić information content (AvgIpc) is 2.63. The quantitative estimate of drug-likeness (QED) is 0.593. The predicted molar refractivity (Wildman–Crippen MR) is 103 cm³/mol. The summed E-state index contributed by atoms with van der Waals surface area (Å²) < 4.78 is 5.07. The summed E-state index contributed by atoms with van der Waals surface area (Å²) in [6, 6.07) is 13.1. The van der Waals surface area contributed by atoms with E-state index in [0.29, 0.717) is 0 Å². The van der Waals surface area contributed by atoms with Crippen molar-refractivity contribution in [1.29, 1.82) is 0 Å². The van der Waals surface area contributed by atoms with Crippen molar-refractivity contribution < 1.29 is 14.3 Å². The third-order valence-corrected chi connectivity index (χ3v) is 3.75. The van der Waals surface area contributed by atoms with Gasteiger partial charge in [-0.3, -0.25) is 9.59 Å². The number of anilines is 1. The lowest BCUT2D eigenvalue weighted by atomic mass is 10.1. The molecule has 0 atom stereocenters. The van der Waals surface area contributed by atoms with E-state index < -0.39 is 0 Å². The van der Waals surface area contributed by atoms with Gasteiger partial charge in [-0.25, -0.2) is 5.43 Å². The molecule has 6 heteroatoms. The smallest absolute Gasteiger partial charge is 0.240 e. The van der Waals surface area contributed by atoms with Gasteiger partial charge >= 0.3 is 0 Å². The summed E-state index contributed by atoms with van der Waals surface area (Å²) in [6.07, 6.45) is 1.70. The normalized spacial score (nSPS) is 10.6. The molecular weight excluding hydrogens is 330 g/mol. The van der Waals surface area contributed by atoms with Gasteiger partial charge in [0.15, 0.2) is 0 Å². The van der Waals surface area contributed by atoms with Gasteiger partial charge in [0.1, 0.15) is 5.75 Å². The molecule has 2 rings (SSSR count). The first-order valence-electron chi connectivity index (χ1n) is 8.31. The van der Waals surface area contributed by atoms with E-state index in [1.165, 1.54) is 6.21 Å². The molecule has 2 amide bonds. The lowest BCUT2D eigenvalue weighted by Crippen LogP contribution is -2.20. The maximum atomic E-state index is 12.0. The molecule has 2 N–H and O–H groups in total. The molecule has 136 valence electrons. The highest BCUT2D eigenvalue weighted by molar-refractivity contribution is 5.94. The molecule has 2 aromatic rings. The number of benzene rings is 2. The SMILES string of the molecule is COc1ccc(C=NNC(=O)CCC(=O)Nc2ccc(C)cc2C)cc1. The first kappa shape index (κ1) is 19.2. The van der Waals surface area contributed by atoms with Crippen molar-refractivity contribution in [2.24, 2.45) is 5.10 Å².